The first kappa shape index (κ1) is 18.4. The van der Waals surface area contributed by atoms with Gasteiger partial charge in [-0.1, -0.05) is 30.3 Å². The molecule has 2 aromatic carbocycles. The Bertz CT molecular complexity index is 1090. The highest BCUT2D eigenvalue weighted by Crippen LogP contribution is 2.25. The number of para-hydroxylation sites is 1. The molecule has 0 atom stereocenters. The summed E-state index contributed by atoms with van der Waals surface area (Å²) in [6.07, 6.45) is 0. The second kappa shape index (κ2) is 7.10. The van der Waals surface area contributed by atoms with Crippen LogP contribution in [0.3, 0.4) is 0 Å². The van der Waals surface area contributed by atoms with Crippen molar-refractivity contribution in [1.82, 2.24) is 0 Å². The van der Waals surface area contributed by atoms with E-state index in [1.165, 1.54) is 37.4 Å². The number of nitrogens with one attached hydrogen (secondary N) is 1. The maximum Gasteiger partial charge on any atom is 0.271 e. The normalized spacial score (nSPS) is 11.9. The van der Waals surface area contributed by atoms with E-state index < -0.39 is 20.0 Å². The van der Waals surface area contributed by atoms with Gasteiger partial charge in [-0.2, -0.15) is 0 Å². The lowest BCUT2D eigenvalue weighted by molar-refractivity contribution is 0.593. The summed E-state index contributed by atoms with van der Waals surface area (Å²) in [5.41, 5.74) is 0.693. The van der Waals surface area contributed by atoms with Crippen molar-refractivity contribution in [2.45, 2.75) is 9.10 Å². The van der Waals surface area contributed by atoms with Crippen LogP contribution >= 0.6 is 11.3 Å². The summed E-state index contributed by atoms with van der Waals surface area (Å²) < 4.78 is 54.0. The summed E-state index contributed by atoms with van der Waals surface area (Å²) in [7, 11) is -6.12. The third-order valence-electron chi connectivity index (χ3n) is 3.62. The zero-order valence-corrected chi connectivity index (χ0v) is 16.2. The minimum atomic E-state index is -3.82. The lowest BCUT2D eigenvalue weighted by atomic mass is 10.3. The average molecular weight is 409 g/mol. The van der Waals surface area contributed by atoms with Crippen LogP contribution in [-0.4, -0.2) is 23.9 Å². The zero-order valence-electron chi connectivity index (χ0n) is 13.7. The lowest BCUT2D eigenvalue weighted by Gasteiger charge is -2.20. The minimum Gasteiger partial charge on any atom is -0.279 e. The number of nitrogens with zero attached hydrogens (tertiary/aromatic N) is 1. The fourth-order valence-electron chi connectivity index (χ4n) is 2.28. The quantitative estimate of drug-likeness (QED) is 0.678. The Hall–Kier alpha value is -2.36. The third-order valence-corrected chi connectivity index (χ3v) is 8.18. The van der Waals surface area contributed by atoms with Gasteiger partial charge >= 0.3 is 0 Å². The monoisotopic (exact) mass is 408 g/mol. The number of hydrogen-bond donors (Lipinski definition) is 1. The summed E-state index contributed by atoms with van der Waals surface area (Å²) in [4.78, 5) is -0.00441. The van der Waals surface area contributed by atoms with E-state index in [2.05, 4.69) is 4.72 Å². The van der Waals surface area contributed by atoms with Gasteiger partial charge in [0.25, 0.3) is 20.0 Å². The highest BCUT2D eigenvalue weighted by Gasteiger charge is 2.22. The first-order chi connectivity index (χ1) is 12.3. The van der Waals surface area contributed by atoms with Gasteiger partial charge in [0.05, 0.1) is 16.3 Å². The van der Waals surface area contributed by atoms with Crippen LogP contribution in [0.1, 0.15) is 0 Å². The molecule has 1 heterocycles. The number of sulfonamides is 2. The summed E-state index contributed by atoms with van der Waals surface area (Å²) >= 11 is 1.08. The molecule has 1 aromatic heterocycles. The molecule has 26 heavy (non-hydrogen) atoms. The second-order valence-corrected chi connectivity index (χ2v) is 10.2. The fourth-order valence-corrected chi connectivity index (χ4v) is 5.56. The van der Waals surface area contributed by atoms with E-state index in [-0.39, 0.29) is 14.8 Å². The third kappa shape index (κ3) is 3.74. The van der Waals surface area contributed by atoms with Gasteiger partial charge in [0.15, 0.2) is 0 Å². The van der Waals surface area contributed by atoms with Crippen molar-refractivity contribution < 1.29 is 16.8 Å². The van der Waals surface area contributed by atoms with Gasteiger partial charge in [-0.25, -0.2) is 16.8 Å². The Morgan fingerprint density at radius 3 is 2.27 bits per heavy atom. The van der Waals surface area contributed by atoms with Gasteiger partial charge in [-0.05, 0) is 41.8 Å². The van der Waals surface area contributed by atoms with E-state index in [0.717, 1.165) is 15.6 Å². The number of anilines is 2. The number of thiophene rings is 1. The molecule has 136 valence electrons. The minimum absolute atomic E-state index is 0.00441. The molecule has 0 amide bonds. The number of benzene rings is 2. The first-order valence-corrected chi connectivity index (χ1v) is 11.3. The Morgan fingerprint density at radius 1 is 0.885 bits per heavy atom. The summed E-state index contributed by atoms with van der Waals surface area (Å²) in [5.74, 6) is 0. The van der Waals surface area contributed by atoms with E-state index in [4.69, 9.17) is 0 Å². The van der Waals surface area contributed by atoms with Crippen LogP contribution in [-0.2, 0) is 20.0 Å². The molecule has 0 radical (unpaired) electrons. The predicted octanol–water partition coefficient (Wildman–Crippen LogP) is 3.37. The Morgan fingerprint density at radius 2 is 1.62 bits per heavy atom. The molecule has 9 heteroatoms. The molecular formula is C17H16N2O4S3. The SMILES string of the molecule is CN(c1ccccc1)S(=O)(=O)c1cccc(NS(=O)(=O)c2cccs2)c1. The van der Waals surface area contributed by atoms with Gasteiger partial charge in [0, 0.05) is 7.05 Å². The summed E-state index contributed by atoms with van der Waals surface area (Å²) in [6.45, 7) is 0. The van der Waals surface area contributed by atoms with Gasteiger partial charge in [-0.15, -0.1) is 11.3 Å². The van der Waals surface area contributed by atoms with Gasteiger partial charge in [0.1, 0.15) is 4.21 Å². The summed E-state index contributed by atoms with van der Waals surface area (Å²) in [5, 5.41) is 1.66. The molecule has 0 unspecified atom stereocenters. The van der Waals surface area contributed by atoms with Crippen LogP contribution in [0, 0.1) is 0 Å². The molecule has 6 nitrogen and oxygen atoms in total. The Labute approximate surface area is 156 Å². The highest BCUT2D eigenvalue weighted by molar-refractivity contribution is 7.94. The topological polar surface area (TPSA) is 83.6 Å². The molecule has 0 aliphatic carbocycles. The molecule has 0 fully saturated rings. The highest BCUT2D eigenvalue weighted by atomic mass is 32.2. The van der Waals surface area contributed by atoms with Gasteiger partial charge in [-0.3, -0.25) is 9.03 Å². The Kier molecular flexibility index (Phi) is 5.03. The van der Waals surface area contributed by atoms with Crippen molar-refractivity contribution in [3.63, 3.8) is 0 Å². The molecule has 3 aromatic rings. The molecule has 0 bridgehead atoms. The molecule has 0 aliphatic rings. The predicted molar refractivity (Wildman–Crippen MR) is 104 cm³/mol. The van der Waals surface area contributed by atoms with Crippen molar-refractivity contribution >= 4 is 42.8 Å². The van der Waals surface area contributed by atoms with Gasteiger partial charge in [0.2, 0.25) is 0 Å². The number of hydrogen-bond acceptors (Lipinski definition) is 5. The van der Waals surface area contributed by atoms with Crippen molar-refractivity contribution in [3.05, 3.63) is 72.1 Å². The maximum atomic E-state index is 12.8. The molecule has 0 saturated heterocycles. The zero-order chi connectivity index (χ0) is 18.8. The van der Waals surface area contributed by atoms with Gasteiger partial charge < -0.3 is 0 Å². The van der Waals surface area contributed by atoms with Crippen LogP contribution < -0.4 is 9.03 Å². The molecule has 0 aliphatic heterocycles. The van der Waals surface area contributed by atoms with Crippen LogP contribution in [0.2, 0.25) is 0 Å². The van der Waals surface area contributed by atoms with Crippen LogP contribution in [0.4, 0.5) is 11.4 Å². The van der Waals surface area contributed by atoms with E-state index in [0.29, 0.717) is 5.69 Å². The first-order valence-electron chi connectivity index (χ1n) is 7.51. The largest absolute Gasteiger partial charge is 0.279 e. The fraction of sp³-hybridized carbons (Fsp3) is 0.0588. The Balaban J connectivity index is 1.92. The molecular weight excluding hydrogens is 392 g/mol. The molecule has 3 rings (SSSR count). The maximum absolute atomic E-state index is 12.8. The molecule has 1 N–H and O–H groups in total. The average Bonchev–Trinajstić information content (AvgIpc) is 3.17. The molecule has 0 spiro atoms. The van der Waals surface area contributed by atoms with E-state index in [1.807, 2.05) is 0 Å². The van der Waals surface area contributed by atoms with Crippen LogP contribution in [0.25, 0.3) is 0 Å². The number of rotatable bonds is 6. The van der Waals surface area contributed by atoms with E-state index in [9.17, 15) is 16.8 Å². The smallest absolute Gasteiger partial charge is 0.271 e. The van der Waals surface area contributed by atoms with E-state index >= 15 is 0 Å². The van der Waals surface area contributed by atoms with Crippen LogP contribution in [0.5, 0.6) is 0 Å². The van der Waals surface area contributed by atoms with Crippen LogP contribution in [0.15, 0.2) is 81.2 Å². The van der Waals surface area contributed by atoms with E-state index in [1.54, 1.807) is 41.8 Å². The van der Waals surface area contributed by atoms with Crippen molar-refractivity contribution in [2.24, 2.45) is 0 Å². The lowest BCUT2D eigenvalue weighted by Crippen LogP contribution is -2.26. The van der Waals surface area contributed by atoms with Crippen molar-refractivity contribution in [3.8, 4) is 0 Å². The standard InChI is InChI=1S/C17H16N2O4S3/c1-19(15-8-3-2-4-9-15)26(22,23)16-10-5-7-14(13-16)18-25(20,21)17-11-6-12-24-17/h2-13,18H,1H3. The summed E-state index contributed by atoms with van der Waals surface area (Å²) in [6, 6.07) is 17.5. The second-order valence-electron chi connectivity index (χ2n) is 5.37. The van der Waals surface area contributed by atoms with Crippen molar-refractivity contribution in [1.29, 1.82) is 0 Å². The van der Waals surface area contributed by atoms with Crippen molar-refractivity contribution in [2.75, 3.05) is 16.1 Å². The molecule has 0 saturated carbocycles.